The number of hydrazone groups is 1. The molecule has 0 heterocycles. The number of carbonyl (C=O) groups is 2. The molecule has 2 aromatic rings. The molecule has 0 spiro atoms. The topological polar surface area (TPSA) is 79.8 Å². The molecule has 0 aliphatic carbocycles. The molecule has 0 saturated heterocycles. The van der Waals surface area contributed by atoms with Gasteiger partial charge in [0, 0.05) is 17.0 Å². The molecular formula is C18H17Cl2N3O3. The minimum atomic E-state index is -0.378. The first-order valence-corrected chi connectivity index (χ1v) is 8.37. The highest BCUT2D eigenvalue weighted by Gasteiger charge is 2.08. The van der Waals surface area contributed by atoms with Gasteiger partial charge in [-0.25, -0.2) is 5.43 Å². The Labute approximate surface area is 161 Å². The third-order valence-electron chi connectivity index (χ3n) is 3.32. The normalized spacial score (nSPS) is 11.0. The van der Waals surface area contributed by atoms with Gasteiger partial charge in [0.25, 0.3) is 5.91 Å². The molecule has 2 aromatic carbocycles. The highest BCUT2D eigenvalue weighted by atomic mass is 35.5. The number of nitrogens with one attached hydrogen (secondary N) is 2. The first-order chi connectivity index (χ1) is 12.4. The maximum absolute atomic E-state index is 12.0. The Balaban J connectivity index is 1.89. The van der Waals surface area contributed by atoms with E-state index in [-0.39, 0.29) is 18.2 Å². The van der Waals surface area contributed by atoms with Crippen molar-refractivity contribution in [3.05, 3.63) is 58.1 Å². The number of hydrogen-bond donors (Lipinski definition) is 2. The zero-order valence-electron chi connectivity index (χ0n) is 14.2. The smallest absolute Gasteiger partial charge is 0.271 e. The number of carbonyl (C=O) groups excluding carboxylic acids is 2. The summed E-state index contributed by atoms with van der Waals surface area (Å²) < 4.78 is 5.03. The lowest BCUT2D eigenvalue weighted by Crippen LogP contribution is -2.21. The molecule has 0 unspecified atom stereocenters. The quantitative estimate of drug-likeness (QED) is 0.571. The summed E-state index contributed by atoms with van der Waals surface area (Å²) in [7, 11) is 1.55. The number of rotatable bonds is 6. The Hall–Kier alpha value is -2.57. The van der Waals surface area contributed by atoms with Gasteiger partial charge >= 0.3 is 0 Å². The fourth-order valence-electron chi connectivity index (χ4n) is 2.00. The summed E-state index contributed by atoms with van der Waals surface area (Å²) in [4.78, 5) is 24.0. The van der Waals surface area contributed by atoms with Crippen molar-refractivity contribution in [2.24, 2.45) is 5.10 Å². The van der Waals surface area contributed by atoms with Crippen LogP contribution in [0.5, 0.6) is 5.75 Å². The van der Waals surface area contributed by atoms with Crippen molar-refractivity contribution < 1.29 is 14.3 Å². The molecule has 0 aliphatic heterocycles. The second kappa shape index (κ2) is 9.22. The molecule has 6 nitrogen and oxygen atoms in total. The molecule has 0 atom stereocenters. The van der Waals surface area contributed by atoms with Crippen molar-refractivity contribution in [3.8, 4) is 5.75 Å². The number of methoxy groups -OCH3 is 1. The number of benzene rings is 2. The van der Waals surface area contributed by atoms with Gasteiger partial charge in [0.05, 0.1) is 23.6 Å². The van der Waals surface area contributed by atoms with Gasteiger partial charge in [0.15, 0.2) is 0 Å². The number of amides is 2. The molecule has 0 aliphatic rings. The van der Waals surface area contributed by atoms with E-state index in [2.05, 4.69) is 15.8 Å². The van der Waals surface area contributed by atoms with Crippen LogP contribution in [0.15, 0.2) is 47.6 Å². The van der Waals surface area contributed by atoms with Crippen LogP contribution in [-0.4, -0.2) is 24.6 Å². The highest BCUT2D eigenvalue weighted by Crippen LogP contribution is 2.25. The van der Waals surface area contributed by atoms with E-state index in [1.807, 2.05) is 0 Å². The SMILES string of the molecule is COc1ccc(C(=O)N/N=C(\C)CC(=O)Nc2ccc(Cl)c(Cl)c2)cc1. The van der Waals surface area contributed by atoms with E-state index in [0.29, 0.717) is 32.8 Å². The van der Waals surface area contributed by atoms with Crippen molar-refractivity contribution in [3.63, 3.8) is 0 Å². The Morgan fingerprint density at radius 2 is 1.77 bits per heavy atom. The predicted molar refractivity (Wildman–Crippen MR) is 103 cm³/mol. The fraction of sp³-hybridized carbons (Fsp3) is 0.167. The summed E-state index contributed by atoms with van der Waals surface area (Å²) in [5, 5.41) is 7.37. The Kier molecular flexibility index (Phi) is 7.00. The second-order valence-corrected chi connectivity index (χ2v) is 6.18. The second-order valence-electron chi connectivity index (χ2n) is 5.37. The summed E-state index contributed by atoms with van der Waals surface area (Å²) in [6.07, 6.45) is 0.0170. The molecule has 2 N–H and O–H groups in total. The molecule has 0 radical (unpaired) electrons. The lowest BCUT2D eigenvalue weighted by atomic mass is 10.2. The van der Waals surface area contributed by atoms with E-state index in [9.17, 15) is 9.59 Å². The molecule has 2 rings (SSSR count). The molecule has 2 amide bonds. The van der Waals surface area contributed by atoms with Gasteiger partial charge in [-0.05, 0) is 49.4 Å². The molecule has 136 valence electrons. The van der Waals surface area contributed by atoms with Crippen LogP contribution in [0.1, 0.15) is 23.7 Å². The number of hydrogen-bond acceptors (Lipinski definition) is 4. The van der Waals surface area contributed by atoms with Crippen molar-refractivity contribution in [2.45, 2.75) is 13.3 Å². The molecule has 26 heavy (non-hydrogen) atoms. The summed E-state index contributed by atoms with van der Waals surface area (Å²) >= 11 is 11.7. The van der Waals surface area contributed by atoms with Gasteiger partial charge in [0.1, 0.15) is 5.75 Å². The summed E-state index contributed by atoms with van der Waals surface area (Å²) in [5.74, 6) is -0.0135. The van der Waals surface area contributed by atoms with Crippen LogP contribution in [0.3, 0.4) is 0 Å². The number of nitrogens with zero attached hydrogens (tertiary/aromatic N) is 1. The number of halogens is 2. The van der Waals surface area contributed by atoms with Gasteiger partial charge in [-0.1, -0.05) is 23.2 Å². The van der Waals surface area contributed by atoms with Crippen LogP contribution < -0.4 is 15.5 Å². The van der Waals surface area contributed by atoms with Crippen LogP contribution in [0.2, 0.25) is 10.0 Å². The zero-order valence-corrected chi connectivity index (χ0v) is 15.7. The van der Waals surface area contributed by atoms with E-state index >= 15 is 0 Å². The average molecular weight is 394 g/mol. The molecule has 0 fully saturated rings. The molecular weight excluding hydrogens is 377 g/mol. The van der Waals surface area contributed by atoms with Gasteiger partial charge in [-0.3, -0.25) is 9.59 Å². The first kappa shape index (κ1) is 19.8. The van der Waals surface area contributed by atoms with Crippen molar-refractivity contribution in [1.82, 2.24) is 5.43 Å². The standard InChI is InChI=1S/C18H17Cl2N3O3/c1-11(9-17(24)21-13-5-8-15(19)16(20)10-13)22-23-18(25)12-3-6-14(26-2)7-4-12/h3-8,10H,9H2,1-2H3,(H,21,24)(H,23,25)/b22-11+. The lowest BCUT2D eigenvalue weighted by Gasteiger charge is -2.07. The first-order valence-electron chi connectivity index (χ1n) is 7.61. The van der Waals surface area contributed by atoms with Gasteiger partial charge in [0.2, 0.25) is 5.91 Å². The van der Waals surface area contributed by atoms with Crippen LogP contribution >= 0.6 is 23.2 Å². The minimum Gasteiger partial charge on any atom is -0.497 e. The predicted octanol–water partition coefficient (Wildman–Crippen LogP) is 4.14. The van der Waals surface area contributed by atoms with Gasteiger partial charge in [-0.15, -0.1) is 0 Å². The zero-order chi connectivity index (χ0) is 19.1. The van der Waals surface area contributed by atoms with Gasteiger partial charge < -0.3 is 10.1 Å². The molecule has 0 bridgehead atoms. The molecule has 8 heteroatoms. The highest BCUT2D eigenvalue weighted by molar-refractivity contribution is 6.42. The molecule has 0 aromatic heterocycles. The molecule has 0 saturated carbocycles. The van der Waals surface area contributed by atoms with E-state index < -0.39 is 0 Å². The third kappa shape index (κ3) is 5.75. The summed E-state index contributed by atoms with van der Waals surface area (Å²) in [6.45, 7) is 1.64. The maximum atomic E-state index is 12.0. The summed E-state index contributed by atoms with van der Waals surface area (Å²) in [6, 6.07) is 11.4. The Morgan fingerprint density at radius 3 is 2.38 bits per heavy atom. The van der Waals surface area contributed by atoms with Crippen LogP contribution in [0, 0.1) is 0 Å². The number of ether oxygens (including phenoxy) is 1. The third-order valence-corrected chi connectivity index (χ3v) is 4.06. The Morgan fingerprint density at radius 1 is 1.08 bits per heavy atom. The van der Waals surface area contributed by atoms with Crippen LogP contribution in [0.4, 0.5) is 5.69 Å². The van der Waals surface area contributed by atoms with Crippen molar-refractivity contribution in [2.75, 3.05) is 12.4 Å². The van der Waals surface area contributed by atoms with E-state index in [4.69, 9.17) is 27.9 Å². The van der Waals surface area contributed by atoms with E-state index in [0.717, 1.165) is 0 Å². The Bertz CT molecular complexity index is 836. The van der Waals surface area contributed by atoms with Gasteiger partial charge in [-0.2, -0.15) is 5.10 Å². The van der Waals surface area contributed by atoms with Crippen LogP contribution in [-0.2, 0) is 4.79 Å². The maximum Gasteiger partial charge on any atom is 0.271 e. The van der Waals surface area contributed by atoms with E-state index in [1.165, 1.54) is 0 Å². The fourth-order valence-corrected chi connectivity index (χ4v) is 2.30. The minimum absolute atomic E-state index is 0.0170. The average Bonchev–Trinajstić information content (AvgIpc) is 2.62. The van der Waals surface area contributed by atoms with Crippen molar-refractivity contribution in [1.29, 1.82) is 0 Å². The monoisotopic (exact) mass is 393 g/mol. The number of anilines is 1. The van der Waals surface area contributed by atoms with E-state index in [1.54, 1.807) is 56.5 Å². The lowest BCUT2D eigenvalue weighted by molar-refractivity contribution is -0.115. The van der Waals surface area contributed by atoms with Crippen molar-refractivity contribution >= 4 is 46.4 Å². The largest absolute Gasteiger partial charge is 0.497 e. The summed E-state index contributed by atoms with van der Waals surface area (Å²) in [5.41, 5.74) is 3.82. The van der Waals surface area contributed by atoms with Crippen LogP contribution in [0.25, 0.3) is 0 Å².